The van der Waals surface area contributed by atoms with Crippen molar-refractivity contribution >= 4 is 11.7 Å². The number of hydrogen-bond acceptors (Lipinski definition) is 2. The monoisotopic (exact) mass is 388 g/mol. The van der Waals surface area contributed by atoms with Crippen LogP contribution in [0, 0.1) is 0 Å². The molecule has 3 rings (SSSR count). The summed E-state index contributed by atoms with van der Waals surface area (Å²) in [5.74, 6) is -0.223. The van der Waals surface area contributed by atoms with E-state index in [-0.39, 0.29) is 29.5 Å². The van der Waals surface area contributed by atoms with Crippen molar-refractivity contribution in [1.29, 1.82) is 0 Å². The number of hydrogen-bond donors (Lipinski definition) is 2. The fourth-order valence-electron chi connectivity index (χ4n) is 3.07. The zero-order valence-corrected chi connectivity index (χ0v) is 14.1. The first-order valence-electron chi connectivity index (χ1n) is 8.31. The van der Waals surface area contributed by atoms with Crippen LogP contribution in [-0.2, 0) is 6.18 Å². The lowest BCUT2D eigenvalue weighted by atomic mass is 9.97. The predicted octanol–water partition coefficient (Wildman–Crippen LogP) is 4.78. The van der Waals surface area contributed by atoms with E-state index in [1.165, 1.54) is 29.2 Å². The number of anilines is 1. The van der Waals surface area contributed by atoms with Gasteiger partial charge in [-0.3, -0.25) is 0 Å². The number of imidazole rings is 1. The average Bonchev–Trinajstić information content (AvgIpc) is 3.13. The Morgan fingerprint density at radius 3 is 2.70 bits per heavy atom. The van der Waals surface area contributed by atoms with Crippen LogP contribution in [0.1, 0.15) is 42.3 Å². The van der Waals surface area contributed by atoms with Crippen molar-refractivity contribution in [3.8, 4) is 0 Å². The molecule has 146 valence electrons. The first kappa shape index (κ1) is 19.1. The van der Waals surface area contributed by atoms with Gasteiger partial charge in [0.05, 0.1) is 11.9 Å². The lowest BCUT2D eigenvalue weighted by molar-refractivity contribution is -0.141. The van der Waals surface area contributed by atoms with Crippen LogP contribution in [0.4, 0.5) is 32.4 Å². The van der Waals surface area contributed by atoms with E-state index in [0.29, 0.717) is 19.4 Å². The maximum absolute atomic E-state index is 13.0. The minimum atomic E-state index is -4.52. The fourth-order valence-corrected chi connectivity index (χ4v) is 3.07. The summed E-state index contributed by atoms with van der Waals surface area (Å²) in [5.41, 5.74) is -1.22. The molecule has 0 aliphatic carbocycles. The number of nitrogens with one attached hydrogen (secondary N) is 2. The molecule has 1 aromatic heterocycles. The molecule has 1 fully saturated rings. The fraction of sp³-hybridized carbons (Fsp3) is 0.412. The SMILES string of the molecule is O=C(Nc1ccccc1C(F)F)N1CCCC(c2ncc(C(F)(F)F)[nH]2)C1. The van der Waals surface area contributed by atoms with Gasteiger partial charge in [0.2, 0.25) is 0 Å². The number of carbonyl (C=O) groups excluding carboxylic acids is 1. The summed E-state index contributed by atoms with van der Waals surface area (Å²) in [6.45, 7) is 0.527. The number of para-hydroxylation sites is 1. The lowest BCUT2D eigenvalue weighted by Gasteiger charge is -2.32. The van der Waals surface area contributed by atoms with Crippen molar-refractivity contribution in [1.82, 2.24) is 14.9 Å². The number of rotatable bonds is 3. The van der Waals surface area contributed by atoms with Crippen molar-refractivity contribution in [2.45, 2.75) is 31.4 Å². The van der Waals surface area contributed by atoms with Gasteiger partial charge in [-0.25, -0.2) is 18.6 Å². The van der Waals surface area contributed by atoms with Gasteiger partial charge in [0, 0.05) is 24.6 Å². The van der Waals surface area contributed by atoms with Gasteiger partial charge < -0.3 is 15.2 Å². The van der Waals surface area contributed by atoms with E-state index >= 15 is 0 Å². The number of aromatic amines is 1. The van der Waals surface area contributed by atoms with Crippen LogP contribution in [0.5, 0.6) is 0 Å². The summed E-state index contributed by atoms with van der Waals surface area (Å²) in [6, 6.07) is 5.00. The van der Waals surface area contributed by atoms with Crippen LogP contribution in [-0.4, -0.2) is 34.0 Å². The number of piperidine rings is 1. The Labute approximate surface area is 151 Å². The molecular formula is C17H17F5N4O. The molecule has 1 aliphatic rings. The van der Waals surface area contributed by atoms with Crippen molar-refractivity contribution in [3.05, 3.63) is 47.5 Å². The lowest BCUT2D eigenvalue weighted by Crippen LogP contribution is -2.42. The van der Waals surface area contributed by atoms with Crippen LogP contribution < -0.4 is 5.32 Å². The quantitative estimate of drug-likeness (QED) is 0.744. The molecule has 1 aliphatic heterocycles. The van der Waals surface area contributed by atoms with Crippen LogP contribution in [0.3, 0.4) is 0 Å². The minimum Gasteiger partial charge on any atom is -0.338 e. The van der Waals surface area contributed by atoms with E-state index in [0.717, 1.165) is 6.20 Å². The molecular weight excluding hydrogens is 371 g/mol. The van der Waals surface area contributed by atoms with E-state index in [9.17, 15) is 26.7 Å². The van der Waals surface area contributed by atoms with Gasteiger partial charge in [0.25, 0.3) is 6.43 Å². The summed E-state index contributed by atoms with van der Waals surface area (Å²) in [6.07, 6.45) is -5.39. The van der Waals surface area contributed by atoms with Gasteiger partial charge in [-0.1, -0.05) is 18.2 Å². The van der Waals surface area contributed by atoms with Crippen molar-refractivity contribution in [3.63, 3.8) is 0 Å². The number of H-pyrrole nitrogens is 1. The van der Waals surface area contributed by atoms with Crippen molar-refractivity contribution < 1.29 is 26.7 Å². The predicted molar refractivity (Wildman–Crippen MR) is 87.6 cm³/mol. The third kappa shape index (κ3) is 4.37. The van der Waals surface area contributed by atoms with E-state index in [1.54, 1.807) is 0 Å². The molecule has 2 amide bonds. The summed E-state index contributed by atoms with van der Waals surface area (Å²) in [5, 5.41) is 2.46. The first-order chi connectivity index (χ1) is 12.8. The van der Waals surface area contributed by atoms with Gasteiger partial charge in [-0.2, -0.15) is 13.2 Å². The molecule has 1 unspecified atom stereocenters. The van der Waals surface area contributed by atoms with Gasteiger partial charge in [-0.05, 0) is 18.9 Å². The molecule has 1 atom stereocenters. The van der Waals surface area contributed by atoms with Crippen LogP contribution in [0.15, 0.2) is 30.5 Å². The molecule has 0 saturated carbocycles. The number of halogens is 5. The highest BCUT2D eigenvalue weighted by molar-refractivity contribution is 5.90. The Kier molecular flexibility index (Phi) is 5.33. The number of likely N-dealkylation sites (tertiary alicyclic amines) is 1. The molecule has 0 radical (unpaired) electrons. The Balaban J connectivity index is 1.69. The largest absolute Gasteiger partial charge is 0.432 e. The third-order valence-corrected chi connectivity index (χ3v) is 4.43. The van der Waals surface area contributed by atoms with Gasteiger partial charge in [0.1, 0.15) is 11.5 Å². The highest BCUT2D eigenvalue weighted by Crippen LogP contribution is 2.31. The van der Waals surface area contributed by atoms with Gasteiger partial charge in [0.15, 0.2) is 0 Å². The summed E-state index contributed by atoms with van der Waals surface area (Å²) in [7, 11) is 0. The zero-order valence-electron chi connectivity index (χ0n) is 14.1. The molecule has 2 heterocycles. The molecule has 5 nitrogen and oxygen atoms in total. The molecule has 2 N–H and O–H groups in total. The number of urea groups is 1. The van der Waals surface area contributed by atoms with Gasteiger partial charge >= 0.3 is 12.2 Å². The third-order valence-electron chi connectivity index (χ3n) is 4.43. The Hall–Kier alpha value is -2.65. The second-order valence-electron chi connectivity index (χ2n) is 6.28. The highest BCUT2D eigenvalue weighted by atomic mass is 19.4. The van der Waals surface area contributed by atoms with Crippen LogP contribution in [0.2, 0.25) is 0 Å². The molecule has 10 heteroatoms. The number of alkyl halides is 5. The zero-order chi connectivity index (χ0) is 19.6. The van der Waals surface area contributed by atoms with Crippen LogP contribution in [0.25, 0.3) is 0 Å². The highest BCUT2D eigenvalue weighted by Gasteiger charge is 2.35. The van der Waals surface area contributed by atoms with E-state index in [1.807, 2.05) is 0 Å². The van der Waals surface area contributed by atoms with Crippen molar-refractivity contribution in [2.24, 2.45) is 0 Å². The number of aromatic nitrogens is 2. The Morgan fingerprint density at radius 1 is 1.30 bits per heavy atom. The van der Waals surface area contributed by atoms with Crippen LogP contribution >= 0.6 is 0 Å². The Bertz CT molecular complexity index is 805. The molecule has 0 spiro atoms. The number of nitrogens with zero attached hydrogens (tertiary/aromatic N) is 2. The summed E-state index contributed by atoms with van der Waals surface area (Å²) >= 11 is 0. The summed E-state index contributed by atoms with van der Waals surface area (Å²) < 4.78 is 64.2. The van der Waals surface area contributed by atoms with Crippen molar-refractivity contribution in [2.75, 3.05) is 18.4 Å². The molecule has 1 saturated heterocycles. The number of carbonyl (C=O) groups is 1. The van der Waals surface area contributed by atoms with Gasteiger partial charge in [-0.15, -0.1) is 0 Å². The maximum Gasteiger partial charge on any atom is 0.432 e. The normalized spacial score (nSPS) is 18.0. The Morgan fingerprint density at radius 2 is 2.04 bits per heavy atom. The maximum atomic E-state index is 13.0. The molecule has 1 aromatic carbocycles. The molecule has 0 bridgehead atoms. The second-order valence-corrected chi connectivity index (χ2v) is 6.28. The molecule has 27 heavy (non-hydrogen) atoms. The molecule has 2 aromatic rings. The second kappa shape index (κ2) is 7.53. The minimum absolute atomic E-state index is 0.0111. The van der Waals surface area contributed by atoms with E-state index < -0.39 is 24.3 Å². The average molecular weight is 388 g/mol. The first-order valence-corrected chi connectivity index (χ1v) is 8.31. The van der Waals surface area contributed by atoms with E-state index in [4.69, 9.17) is 0 Å². The number of benzene rings is 1. The standard InChI is InChI=1S/C17H17F5N4O/c18-14(19)11-5-1-2-6-12(11)24-16(27)26-7-3-4-10(9-26)15-23-8-13(25-15)17(20,21)22/h1-2,5-6,8,10,14H,3-4,7,9H2,(H,23,25)(H,24,27). The van der Waals surface area contributed by atoms with E-state index in [2.05, 4.69) is 15.3 Å². The number of amides is 2. The summed E-state index contributed by atoms with van der Waals surface area (Å²) in [4.78, 5) is 19.9. The topological polar surface area (TPSA) is 61.0 Å². The smallest absolute Gasteiger partial charge is 0.338 e.